The van der Waals surface area contributed by atoms with Crippen molar-refractivity contribution in [3.63, 3.8) is 0 Å². The first-order chi connectivity index (χ1) is 13.5. The Kier molecular flexibility index (Phi) is 7.25. The van der Waals surface area contributed by atoms with Gasteiger partial charge in [0.15, 0.2) is 0 Å². The quantitative estimate of drug-likeness (QED) is 0.790. The lowest BCUT2D eigenvalue weighted by atomic mass is 10.3. The summed E-state index contributed by atoms with van der Waals surface area (Å²) in [6.07, 6.45) is -1.75. The normalized spacial score (nSPS) is 17.4. The van der Waals surface area contributed by atoms with Crippen LogP contribution in [0, 0.1) is 0 Å². The lowest BCUT2D eigenvalue weighted by Crippen LogP contribution is -2.39. The van der Waals surface area contributed by atoms with E-state index in [1.165, 1.54) is 4.31 Å². The van der Waals surface area contributed by atoms with E-state index >= 15 is 0 Å². The maximum absolute atomic E-state index is 12.3. The van der Waals surface area contributed by atoms with Gasteiger partial charge in [-0.1, -0.05) is 6.07 Å². The summed E-state index contributed by atoms with van der Waals surface area (Å²) in [4.78, 5) is 13.1. The van der Waals surface area contributed by atoms with Gasteiger partial charge in [0.2, 0.25) is 15.9 Å². The van der Waals surface area contributed by atoms with Crippen LogP contribution in [0.1, 0.15) is 12.6 Å². The van der Waals surface area contributed by atoms with E-state index < -0.39 is 22.2 Å². The number of fused-ring (bicyclic) bond motifs is 1. The van der Waals surface area contributed by atoms with Crippen LogP contribution in [0.2, 0.25) is 0 Å². The summed E-state index contributed by atoms with van der Waals surface area (Å²) in [6, 6.07) is 9.31. The number of carboxylic acids is 1. The van der Waals surface area contributed by atoms with Crippen molar-refractivity contribution in [1.29, 1.82) is 0 Å². The average Bonchev–Trinajstić information content (AvgIpc) is 3.00. The zero-order chi connectivity index (χ0) is 21.7. The number of carboxylic acid groups (broad SMARTS) is 1. The van der Waals surface area contributed by atoms with E-state index in [0.29, 0.717) is 25.5 Å². The molecule has 3 rings (SSSR count). The van der Waals surface area contributed by atoms with Crippen LogP contribution >= 0.6 is 0 Å². The minimum Gasteiger partial charge on any atom is -0.475 e. The fourth-order valence-corrected chi connectivity index (χ4v) is 3.66. The van der Waals surface area contributed by atoms with Gasteiger partial charge in [-0.25, -0.2) is 18.2 Å². The van der Waals surface area contributed by atoms with Crippen molar-refractivity contribution in [1.82, 2.24) is 13.9 Å². The highest BCUT2D eigenvalue weighted by atomic mass is 32.2. The second-order valence-electron chi connectivity index (χ2n) is 6.06. The van der Waals surface area contributed by atoms with E-state index in [2.05, 4.69) is 4.98 Å². The molecular weight excluding hydrogens is 415 g/mol. The number of carbonyl (C=O) groups is 1. The van der Waals surface area contributed by atoms with Gasteiger partial charge < -0.3 is 14.4 Å². The first-order valence-electron chi connectivity index (χ1n) is 8.52. The molecule has 0 aromatic carbocycles. The highest BCUT2D eigenvalue weighted by Crippen LogP contribution is 2.19. The first-order valence-corrected chi connectivity index (χ1v) is 10.1. The van der Waals surface area contributed by atoms with Gasteiger partial charge in [-0.05, 0) is 25.1 Å². The molecule has 0 saturated heterocycles. The summed E-state index contributed by atoms with van der Waals surface area (Å²) in [5, 5.41) is 7.12. The molecule has 0 fully saturated rings. The van der Waals surface area contributed by atoms with E-state index in [1.54, 1.807) is 19.2 Å². The Morgan fingerprint density at radius 1 is 1.28 bits per heavy atom. The molecule has 0 amide bonds. The molecule has 29 heavy (non-hydrogen) atoms. The molecule has 2 aromatic heterocycles. The predicted octanol–water partition coefficient (Wildman–Crippen LogP) is 2.13. The summed E-state index contributed by atoms with van der Waals surface area (Å²) in [5.41, 5.74) is 0.976. The lowest BCUT2D eigenvalue weighted by Gasteiger charge is -2.23. The molecule has 1 aliphatic heterocycles. The van der Waals surface area contributed by atoms with Crippen LogP contribution in [0.3, 0.4) is 0 Å². The predicted molar refractivity (Wildman–Crippen MR) is 96.6 cm³/mol. The van der Waals surface area contributed by atoms with Gasteiger partial charge in [-0.3, -0.25) is 0 Å². The Bertz CT molecular complexity index is 916. The van der Waals surface area contributed by atoms with Gasteiger partial charge in [-0.2, -0.15) is 17.5 Å². The van der Waals surface area contributed by atoms with Crippen molar-refractivity contribution >= 4 is 16.0 Å². The number of halogens is 3. The highest BCUT2D eigenvalue weighted by molar-refractivity contribution is 7.89. The van der Waals surface area contributed by atoms with Crippen molar-refractivity contribution < 1.29 is 36.2 Å². The summed E-state index contributed by atoms with van der Waals surface area (Å²) >= 11 is 0. The summed E-state index contributed by atoms with van der Waals surface area (Å²) in [5.74, 6) is -2.16. The molecule has 1 atom stereocenters. The van der Waals surface area contributed by atoms with Gasteiger partial charge >= 0.3 is 12.1 Å². The largest absolute Gasteiger partial charge is 0.490 e. The standard InChI is InChI=1S/C15H19N3O3S.C2HF3O2/c1-2-22(19,20)18-10-13-6-5-9-17(13)11-14(12-18)21-15-7-3-4-8-16-15;3-2(4,5)1(6)7/h3-9,14H,2,10-12H2,1H3;(H,6,7). The van der Waals surface area contributed by atoms with Gasteiger partial charge in [0.25, 0.3) is 0 Å². The first kappa shape index (κ1) is 22.7. The van der Waals surface area contributed by atoms with Crippen LogP contribution in [-0.2, 0) is 27.9 Å². The Hall–Kier alpha value is -2.60. The molecule has 1 unspecified atom stereocenters. The topological polar surface area (TPSA) is 102 Å². The molecule has 0 spiro atoms. The van der Waals surface area contributed by atoms with Crippen LogP contribution in [0.25, 0.3) is 0 Å². The molecule has 8 nitrogen and oxygen atoms in total. The summed E-state index contributed by atoms with van der Waals surface area (Å²) < 4.78 is 65.7. The molecule has 1 N–H and O–H groups in total. The van der Waals surface area contributed by atoms with E-state index in [1.807, 2.05) is 35.0 Å². The number of sulfonamides is 1. The van der Waals surface area contributed by atoms with Crippen molar-refractivity contribution in [3.05, 3.63) is 48.4 Å². The zero-order valence-corrected chi connectivity index (χ0v) is 16.2. The van der Waals surface area contributed by atoms with Crippen LogP contribution in [-0.4, -0.2) is 57.9 Å². The third-order valence-corrected chi connectivity index (χ3v) is 5.79. The lowest BCUT2D eigenvalue weighted by molar-refractivity contribution is -0.192. The number of hydrogen-bond donors (Lipinski definition) is 1. The smallest absolute Gasteiger partial charge is 0.475 e. The van der Waals surface area contributed by atoms with Gasteiger partial charge in [0, 0.05) is 24.2 Å². The Labute approximate surface area is 165 Å². The van der Waals surface area contributed by atoms with Crippen LogP contribution < -0.4 is 4.74 Å². The molecular formula is C17H20F3N3O5S. The molecule has 2 aromatic rings. The SMILES string of the molecule is CCS(=O)(=O)N1Cc2cccn2CC(Oc2ccccn2)C1.O=C(O)C(F)(F)F. The maximum atomic E-state index is 12.3. The maximum Gasteiger partial charge on any atom is 0.490 e. The van der Waals surface area contributed by atoms with Gasteiger partial charge in [0.05, 0.1) is 25.4 Å². The third kappa shape index (κ3) is 6.46. The van der Waals surface area contributed by atoms with E-state index in [4.69, 9.17) is 14.6 Å². The molecule has 0 aliphatic carbocycles. The Morgan fingerprint density at radius 3 is 2.52 bits per heavy atom. The average molecular weight is 435 g/mol. The van der Waals surface area contributed by atoms with Gasteiger partial charge in [0.1, 0.15) is 6.10 Å². The summed E-state index contributed by atoms with van der Waals surface area (Å²) in [7, 11) is -3.27. The van der Waals surface area contributed by atoms with Crippen molar-refractivity contribution in [2.45, 2.75) is 32.3 Å². The Balaban J connectivity index is 0.000000370. The third-order valence-electron chi connectivity index (χ3n) is 4.00. The fraction of sp³-hybridized carbons (Fsp3) is 0.412. The molecule has 160 valence electrons. The minimum atomic E-state index is -5.08. The van der Waals surface area contributed by atoms with Crippen molar-refractivity contribution in [2.75, 3.05) is 12.3 Å². The zero-order valence-electron chi connectivity index (χ0n) is 15.4. The van der Waals surface area contributed by atoms with E-state index in [-0.39, 0.29) is 11.9 Å². The van der Waals surface area contributed by atoms with Crippen molar-refractivity contribution in [3.8, 4) is 5.88 Å². The fourth-order valence-electron chi connectivity index (χ4n) is 2.58. The molecule has 0 saturated carbocycles. The van der Waals surface area contributed by atoms with Crippen LogP contribution in [0.15, 0.2) is 42.7 Å². The number of rotatable bonds is 4. The van der Waals surface area contributed by atoms with E-state index in [9.17, 15) is 21.6 Å². The molecule has 12 heteroatoms. The monoisotopic (exact) mass is 435 g/mol. The highest BCUT2D eigenvalue weighted by Gasteiger charge is 2.38. The number of aliphatic carboxylic acids is 1. The number of ether oxygens (including phenoxy) is 1. The number of nitrogens with zero attached hydrogens (tertiary/aromatic N) is 3. The minimum absolute atomic E-state index is 0.0873. The number of pyridine rings is 1. The van der Waals surface area contributed by atoms with Crippen LogP contribution in [0.5, 0.6) is 5.88 Å². The van der Waals surface area contributed by atoms with Gasteiger partial charge in [-0.15, -0.1) is 0 Å². The second-order valence-corrected chi connectivity index (χ2v) is 8.31. The molecule has 1 aliphatic rings. The second kappa shape index (κ2) is 9.27. The molecule has 0 radical (unpaired) electrons. The molecule has 0 bridgehead atoms. The van der Waals surface area contributed by atoms with Crippen molar-refractivity contribution in [2.24, 2.45) is 0 Å². The van der Waals surface area contributed by atoms with Crippen LogP contribution in [0.4, 0.5) is 13.2 Å². The molecule has 3 heterocycles. The number of alkyl halides is 3. The summed E-state index contributed by atoms with van der Waals surface area (Å²) in [6.45, 7) is 2.97. The number of hydrogen-bond acceptors (Lipinski definition) is 5. The Morgan fingerprint density at radius 2 is 1.97 bits per heavy atom. The number of aromatic nitrogens is 2. The van der Waals surface area contributed by atoms with E-state index in [0.717, 1.165) is 5.69 Å².